The highest BCUT2D eigenvalue weighted by atomic mass is 32.1. The summed E-state index contributed by atoms with van der Waals surface area (Å²) in [6, 6.07) is 19.9. The van der Waals surface area contributed by atoms with Crippen LogP contribution >= 0.6 is 12.2 Å². The number of nitrogens with zero attached hydrogens (tertiary/aromatic N) is 4. The van der Waals surface area contributed by atoms with Crippen molar-refractivity contribution < 1.29 is 9.47 Å². The summed E-state index contributed by atoms with van der Waals surface area (Å²) < 4.78 is 13.4. The van der Waals surface area contributed by atoms with Crippen LogP contribution in [0.1, 0.15) is 29.0 Å². The molecule has 8 heteroatoms. The molecule has 0 radical (unpaired) electrons. The molecule has 2 unspecified atom stereocenters. The van der Waals surface area contributed by atoms with Crippen molar-refractivity contribution in [2.45, 2.75) is 18.6 Å². The van der Waals surface area contributed by atoms with E-state index in [4.69, 9.17) is 21.7 Å². The van der Waals surface area contributed by atoms with Gasteiger partial charge in [0.2, 0.25) is 6.79 Å². The highest BCUT2D eigenvalue weighted by Gasteiger charge is 2.42. The maximum atomic E-state index is 5.85. The van der Waals surface area contributed by atoms with E-state index >= 15 is 0 Å². The number of anilines is 1. The lowest BCUT2D eigenvalue weighted by Crippen LogP contribution is -2.30. The third kappa shape index (κ3) is 3.58. The van der Waals surface area contributed by atoms with Crippen LogP contribution in [0.5, 0.6) is 11.5 Å². The molecule has 1 aromatic carbocycles. The minimum absolute atomic E-state index is 0.112. The molecule has 5 heterocycles. The number of thiocarbonyl (C=S) groups is 1. The molecular weight excluding hydrogens is 434 g/mol. The largest absolute Gasteiger partial charge is 0.454 e. The van der Waals surface area contributed by atoms with Gasteiger partial charge in [0.05, 0.1) is 11.7 Å². The summed E-state index contributed by atoms with van der Waals surface area (Å²) in [4.78, 5) is 11.1. The van der Waals surface area contributed by atoms with Gasteiger partial charge < -0.3 is 24.3 Å². The minimum atomic E-state index is -0.119. The second kappa shape index (κ2) is 8.22. The number of aromatic nitrogens is 3. The fraction of sp³-hybridized carbons (Fsp3) is 0.160. The molecule has 2 aliphatic rings. The Morgan fingerprint density at radius 2 is 1.94 bits per heavy atom. The zero-order chi connectivity index (χ0) is 22.2. The van der Waals surface area contributed by atoms with Crippen molar-refractivity contribution in [3.63, 3.8) is 0 Å². The van der Waals surface area contributed by atoms with E-state index < -0.39 is 0 Å². The summed E-state index contributed by atoms with van der Waals surface area (Å²) in [7, 11) is 0. The van der Waals surface area contributed by atoms with E-state index in [1.807, 2.05) is 54.9 Å². The molecule has 4 aromatic rings. The number of hydrogen-bond acceptors (Lipinski definition) is 5. The topological polar surface area (TPSA) is 64.4 Å². The predicted octanol–water partition coefficient (Wildman–Crippen LogP) is 4.23. The van der Waals surface area contributed by atoms with Crippen LogP contribution in [0.2, 0.25) is 0 Å². The Hall–Kier alpha value is -3.91. The van der Waals surface area contributed by atoms with E-state index in [-0.39, 0.29) is 18.9 Å². The van der Waals surface area contributed by atoms with Crippen molar-refractivity contribution in [2.75, 3.05) is 11.7 Å². The van der Waals surface area contributed by atoms with Crippen LogP contribution < -0.4 is 19.7 Å². The highest BCUT2D eigenvalue weighted by molar-refractivity contribution is 7.80. The predicted molar refractivity (Wildman–Crippen MR) is 128 cm³/mol. The van der Waals surface area contributed by atoms with Crippen LogP contribution in [0.4, 0.5) is 5.69 Å². The van der Waals surface area contributed by atoms with E-state index in [9.17, 15) is 0 Å². The standard InChI is InChI=1S/C25H21N5O2S/c33-25-28-23(19-6-1-2-11-27-19)24(30(25)18-8-9-21-22(13-18)32-16-31-21)20-7-4-12-29(20)15-17-5-3-10-26-14-17/h1-14,23-24H,15-16H2,(H,28,33). The quantitative estimate of drug-likeness (QED) is 0.452. The lowest BCUT2D eigenvalue weighted by molar-refractivity contribution is 0.174. The molecule has 2 atom stereocenters. The number of nitrogens with one attached hydrogen (secondary N) is 1. The van der Waals surface area contributed by atoms with Gasteiger partial charge in [-0.05, 0) is 60.2 Å². The summed E-state index contributed by atoms with van der Waals surface area (Å²) >= 11 is 5.85. The monoisotopic (exact) mass is 455 g/mol. The van der Waals surface area contributed by atoms with Gasteiger partial charge in [-0.15, -0.1) is 0 Å². The van der Waals surface area contributed by atoms with E-state index in [2.05, 4.69) is 49.1 Å². The summed E-state index contributed by atoms with van der Waals surface area (Å²) in [5.74, 6) is 1.47. The highest BCUT2D eigenvalue weighted by Crippen LogP contribution is 2.44. The first kappa shape index (κ1) is 19.8. The average Bonchev–Trinajstić information content (AvgIpc) is 3.58. The van der Waals surface area contributed by atoms with Crippen molar-refractivity contribution in [2.24, 2.45) is 0 Å². The number of hydrogen-bond donors (Lipinski definition) is 1. The van der Waals surface area contributed by atoms with Crippen LogP contribution in [0, 0.1) is 0 Å². The Kier molecular flexibility index (Phi) is 4.92. The van der Waals surface area contributed by atoms with Crippen LogP contribution in [-0.2, 0) is 6.54 Å². The normalized spacial score (nSPS) is 19.0. The van der Waals surface area contributed by atoms with Crippen LogP contribution in [0.25, 0.3) is 0 Å². The molecule has 33 heavy (non-hydrogen) atoms. The number of rotatable bonds is 5. The van der Waals surface area contributed by atoms with Gasteiger partial charge in [0.25, 0.3) is 0 Å². The molecule has 1 N–H and O–H groups in total. The molecule has 164 valence electrons. The lowest BCUT2D eigenvalue weighted by Gasteiger charge is -2.29. The molecule has 1 fully saturated rings. The molecule has 0 amide bonds. The van der Waals surface area contributed by atoms with Gasteiger partial charge in [-0.1, -0.05) is 12.1 Å². The van der Waals surface area contributed by atoms with Gasteiger partial charge in [0.1, 0.15) is 6.04 Å². The summed E-state index contributed by atoms with van der Waals surface area (Å²) in [5.41, 5.74) is 4.13. The van der Waals surface area contributed by atoms with E-state index in [0.717, 1.165) is 34.1 Å². The number of pyridine rings is 2. The fourth-order valence-electron chi connectivity index (χ4n) is 4.50. The second-order valence-corrected chi connectivity index (χ2v) is 8.34. The second-order valence-electron chi connectivity index (χ2n) is 7.96. The summed E-state index contributed by atoms with van der Waals surface area (Å²) in [6.45, 7) is 0.943. The van der Waals surface area contributed by atoms with Crippen molar-refractivity contribution in [3.8, 4) is 11.5 Å². The first-order valence-corrected chi connectivity index (χ1v) is 11.1. The Morgan fingerprint density at radius 3 is 2.79 bits per heavy atom. The minimum Gasteiger partial charge on any atom is -0.454 e. The van der Waals surface area contributed by atoms with Crippen molar-refractivity contribution in [3.05, 3.63) is 102 Å². The van der Waals surface area contributed by atoms with Crippen molar-refractivity contribution in [1.82, 2.24) is 19.9 Å². The van der Waals surface area contributed by atoms with Gasteiger partial charge in [0.15, 0.2) is 16.6 Å². The average molecular weight is 456 g/mol. The Morgan fingerprint density at radius 1 is 1.00 bits per heavy atom. The molecule has 3 aromatic heterocycles. The van der Waals surface area contributed by atoms with Crippen LogP contribution in [-0.4, -0.2) is 26.4 Å². The molecule has 0 bridgehead atoms. The van der Waals surface area contributed by atoms with Crippen molar-refractivity contribution >= 4 is 23.0 Å². The molecule has 0 saturated carbocycles. The zero-order valence-corrected chi connectivity index (χ0v) is 18.5. The lowest BCUT2D eigenvalue weighted by atomic mass is 10.0. The van der Waals surface area contributed by atoms with Gasteiger partial charge in [-0.2, -0.15) is 0 Å². The molecule has 2 aliphatic heterocycles. The van der Waals surface area contributed by atoms with E-state index in [1.165, 1.54) is 0 Å². The summed E-state index contributed by atoms with van der Waals surface area (Å²) in [6.07, 6.45) is 7.59. The third-order valence-electron chi connectivity index (χ3n) is 5.98. The summed E-state index contributed by atoms with van der Waals surface area (Å²) in [5, 5.41) is 4.16. The van der Waals surface area contributed by atoms with E-state index in [0.29, 0.717) is 11.7 Å². The molecule has 6 rings (SSSR count). The third-order valence-corrected chi connectivity index (χ3v) is 6.29. The Balaban J connectivity index is 1.45. The van der Waals surface area contributed by atoms with Gasteiger partial charge in [-0.25, -0.2) is 0 Å². The number of ether oxygens (including phenoxy) is 2. The Bertz CT molecular complexity index is 1290. The molecule has 0 aliphatic carbocycles. The van der Waals surface area contributed by atoms with Gasteiger partial charge >= 0.3 is 0 Å². The van der Waals surface area contributed by atoms with Gasteiger partial charge in [0, 0.05) is 48.8 Å². The number of benzene rings is 1. The number of fused-ring (bicyclic) bond motifs is 1. The smallest absolute Gasteiger partial charge is 0.231 e. The fourth-order valence-corrected chi connectivity index (χ4v) is 4.84. The molecular formula is C25H21N5O2S. The molecule has 7 nitrogen and oxygen atoms in total. The van der Waals surface area contributed by atoms with Crippen molar-refractivity contribution in [1.29, 1.82) is 0 Å². The SMILES string of the molecule is S=C1NC(c2ccccn2)C(c2cccn2Cc2cccnc2)N1c1ccc2c(c1)OCO2. The van der Waals surface area contributed by atoms with Crippen LogP contribution in [0.3, 0.4) is 0 Å². The Labute approximate surface area is 196 Å². The molecule has 1 saturated heterocycles. The first-order valence-electron chi connectivity index (χ1n) is 10.7. The molecule has 0 spiro atoms. The van der Waals surface area contributed by atoms with Crippen LogP contribution in [0.15, 0.2) is 85.5 Å². The van der Waals surface area contributed by atoms with E-state index in [1.54, 1.807) is 6.20 Å². The van der Waals surface area contributed by atoms with Gasteiger partial charge in [-0.3, -0.25) is 9.97 Å². The zero-order valence-electron chi connectivity index (χ0n) is 17.7. The maximum absolute atomic E-state index is 5.85. The first-order chi connectivity index (χ1) is 16.3. The maximum Gasteiger partial charge on any atom is 0.231 e.